The molecule has 0 bridgehead atoms. The average Bonchev–Trinajstić information content (AvgIpc) is 3.32. The molecule has 9 nitrogen and oxygen atoms in total. The highest BCUT2D eigenvalue weighted by Crippen LogP contribution is 2.35. The van der Waals surface area contributed by atoms with Crippen LogP contribution >= 0.6 is 0 Å². The molecule has 3 aromatic rings. The fourth-order valence-corrected chi connectivity index (χ4v) is 4.03. The summed E-state index contributed by atoms with van der Waals surface area (Å²) in [6.07, 6.45) is -0.704. The largest absolute Gasteiger partial charge is 0.504 e. The summed E-state index contributed by atoms with van der Waals surface area (Å²) in [5, 5.41) is 9.82. The van der Waals surface area contributed by atoms with E-state index in [4.69, 9.17) is 33.2 Å². The molecule has 4 rings (SSSR count). The number of carbonyl (C=O) groups excluding carboxylic acids is 1. The number of hydrogen-bond donors (Lipinski definition) is 1. The number of carbonyl (C=O) groups is 1. The summed E-state index contributed by atoms with van der Waals surface area (Å²) in [5.74, 6) is 1.35. The molecule has 0 spiro atoms. The lowest BCUT2D eigenvalue weighted by Crippen LogP contribution is -2.33. The van der Waals surface area contributed by atoms with E-state index in [1.54, 1.807) is 26.4 Å². The van der Waals surface area contributed by atoms with Crippen LogP contribution in [0.3, 0.4) is 0 Å². The number of esters is 1. The Morgan fingerprint density at radius 3 is 2.14 bits per heavy atom. The number of para-hydroxylation sites is 4. The fourth-order valence-electron chi connectivity index (χ4n) is 4.03. The Labute approximate surface area is 215 Å². The second-order valence-corrected chi connectivity index (χ2v) is 8.34. The van der Waals surface area contributed by atoms with Crippen LogP contribution in [0.1, 0.15) is 10.4 Å². The summed E-state index contributed by atoms with van der Waals surface area (Å²) in [7, 11) is 4.55. The minimum absolute atomic E-state index is 0.0157. The van der Waals surface area contributed by atoms with E-state index in [1.165, 1.54) is 25.3 Å². The molecule has 196 valence electrons. The van der Waals surface area contributed by atoms with Crippen molar-refractivity contribution in [2.75, 3.05) is 41.2 Å². The van der Waals surface area contributed by atoms with Crippen LogP contribution in [0.2, 0.25) is 0 Å². The van der Waals surface area contributed by atoms with Crippen LogP contribution in [0, 0.1) is 11.8 Å². The zero-order chi connectivity index (χ0) is 26.2. The van der Waals surface area contributed by atoms with Crippen molar-refractivity contribution in [2.24, 2.45) is 11.8 Å². The van der Waals surface area contributed by atoms with Gasteiger partial charge in [-0.3, -0.25) is 0 Å². The minimum atomic E-state index is -0.704. The summed E-state index contributed by atoms with van der Waals surface area (Å²) in [4.78, 5) is 12.8. The third-order valence-electron chi connectivity index (χ3n) is 6.09. The van der Waals surface area contributed by atoms with Gasteiger partial charge in [0.05, 0.1) is 46.0 Å². The Bertz CT molecular complexity index is 1200. The number of phenols is 1. The van der Waals surface area contributed by atoms with Gasteiger partial charge in [-0.2, -0.15) is 0 Å². The van der Waals surface area contributed by atoms with Crippen molar-refractivity contribution >= 4 is 5.97 Å². The zero-order valence-electron chi connectivity index (χ0n) is 20.9. The molecule has 0 radical (unpaired) electrons. The zero-order valence-corrected chi connectivity index (χ0v) is 20.9. The van der Waals surface area contributed by atoms with Crippen LogP contribution in [-0.4, -0.2) is 58.5 Å². The lowest BCUT2D eigenvalue weighted by molar-refractivity contribution is -0.0745. The molecule has 0 saturated carbocycles. The van der Waals surface area contributed by atoms with Crippen LogP contribution in [-0.2, 0) is 9.47 Å². The summed E-state index contributed by atoms with van der Waals surface area (Å²) in [5.41, 5.74) is 0.248. The van der Waals surface area contributed by atoms with E-state index in [0.717, 1.165) is 0 Å². The maximum absolute atomic E-state index is 12.8. The van der Waals surface area contributed by atoms with Gasteiger partial charge >= 0.3 is 5.97 Å². The topological polar surface area (TPSA) is 102 Å². The number of benzene rings is 3. The Morgan fingerprint density at radius 2 is 1.46 bits per heavy atom. The molecular formula is C28H30O9. The molecule has 1 fully saturated rings. The third kappa shape index (κ3) is 6.18. The maximum atomic E-state index is 12.8. The van der Waals surface area contributed by atoms with Crippen LogP contribution in [0.15, 0.2) is 66.7 Å². The predicted molar refractivity (Wildman–Crippen MR) is 134 cm³/mol. The normalized spacial score (nSPS) is 18.6. The van der Waals surface area contributed by atoms with Crippen LogP contribution in [0.5, 0.6) is 34.5 Å². The molecule has 0 aliphatic carbocycles. The highest BCUT2D eigenvalue weighted by atomic mass is 16.7. The van der Waals surface area contributed by atoms with Crippen molar-refractivity contribution < 1.29 is 43.1 Å². The summed E-state index contributed by atoms with van der Waals surface area (Å²) in [6.45, 7) is 0.646. The molecule has 3 unspecified atom stereocenters. The first-order valence-electron chi connectivity index (χ1n) is 11.7. The van der Waals surface area contributed by atoms with E-state index in [2.05, 4.69) is 0 Å². The van der Waals surface area contributed by atoms with E-state index < -0.39 is 12.3 Å². The first kappa shape index (κ1) is 26.0. The maximum Gasteiger partial charge on any atom is 0.338 e. The lowest BCUT2D eigenvalue weighted by Gasteiger charge is -2.24. The average molecular weight is 511 g/mol. The van der Waals surface area contributed by atoms with Gasteiger partial charge in [0.1, 0.15) is 6.61 Å². The monoisotopic (exact) mass is 510 g/mol. The van der Waals surface area contributed by atoms with Gasteiger partial charge in [0.2, 0.25) is 6.29 Å². The molecular weight excluding hydrogens is 480 g/mol. The molecule has 3 atom stereocenters. The highest BCUT2D eigenvalue weighted by molar-refractivity contribution is 5.90. The molecule has 1 heterocycles. The SMILES string of the molecule is COc1cc(C(=O)OCC2C(COc3ccccc3OC)COC2Oc2ccccc2OC)ccc1O. The van der Waals surface area contributed by atoms with Crippen molar-refractivity contribution in [3.05, 3.63) is 72.3 Å². The lowest BCUT2D eigenvalue weighted by atomic mass is 9.96. The van der Waals surface area contributed by atoms with E-state index in [0.29, 0.717) is 36.2 Å². The molecule has 9 heteroatoms. The molecule has 1 aliphatic heterocycles. The van der Waals surface area contributed by atoms with Crippen molar-refractivity contribution in [1.29, 1.82) is 0 Å². The Kier molecular flexibility index (Phi) is 8.58. The van der Waals surface area contributed by atoms with E-state index in [9.17, 15) is 9.90 Å². The Morgan fingerprint density at radius 1 is 0.838 bits per heavy atom. The van der Waals surface area contributed by atoms with Gasteiger partial charge in [0.15, 0.2) is 34.5 Å². The minimum Gasteiger partial charge on any atom is -0.504 e. The van der Waals surface area contributed by atoms with Crippen molar-refractivity contribution in [3.8, 4) is 34.5 Å². The van der Waals surface area contributed by atoms with E-state index in [1.807, 2.05) is 36.4 Å². The number of methoxy groups -OCH3 is 3. The van der Waals surface area contributed by atoms with E-state index >= 15 is 0 Å². The number of hydrogen-bond acceptors (Lipinski definition) is 9. The Hall–Kier alpha value is -4.11. The molecule has 3 aromatic carbocycles. The summed E-state index contributed by atoms with van der Waals surface area (Å²) in [6, 6.07) is 18.9. The molecule has 1 saturated heterocycles. The van der Waals surface area contributed by atoms with Gasteiger partial charge < -0.3 is 38.3 Å². The number of rotatable bonds is 11. The van der Waals surface area contributed by atoms with Crippen molar-refractivity contribution in [3.63, 3.8) is 0 Å². The van der Waals surface area contributed by atoms with Crippen LogP contribution in [0.4, 0.5) is 0 Å². The molecule has 0 aromatic heterocycles. The van der Waals surface area contributed by atoms with Crippen molar-refractivity contribution in [2.45, 2.75) is 6.29 Å². The predicted octanol–water partition coefficient (Wildman–Crippen LogP) is 4.32. The standard InChI is InChI=1S/C28H30O9/c1-31-22-8-4-6-10-24(22)34-15-19-16-36-28(37-25-11-7-5-9-23(25)32-2)20(19)17-35-27(30)18-12-13-21(29)26(14-18)33-3/h4-14,19-20,28-29H,15-17H2,1-3H3. The molecule has 1 N–H and O–H groups in total. The molecule has 37 heavy (non-hydrogen) atoms. The fraction of sp³-hybridized carbons (Fsp3) is 0.321. The molecule has 0 amide bonds. The van der Waals surface area contributed by atoms with Crippen molar-refractivity contribution in [1.82, 2.24) is 0 Å². The number of ether oxygens (including phenoxy) is 7. The van der Waals surface area contributed by atoms with Gasteiger partial charge in [-0.1, -0.05) is 24.3 Å². The van der Waals surface area contributed by atoms with Gasteiger partial charge in [-0.05, 0) is 42.5 Å². The second kappa shape index (κ2) is 12.2. The second-order valence-electron chi connectivity index (χ2n) is 8.34. The highest BCUT2D eigenvalue weighted by Gasteiger charge is 2.41. The van der Waals surface area contributed by atoms with Gasteiger partial charge in [-0.25, -0.2) is 4.79 Å². The first-order valence-corrected chi connectivity index (χ1v) is 11.7. The third-order valence-corrected chi connectivity index (χ3v) is 6.09. The Balaban J connectivity index is 1.49. The molecule has 1 aliphatic rings. The van der Waals surface area contributed by atoms with Gasteiger partial charge in [0, 0.05) is 5.92 Å². The first-order chi connectivity index (χ1) is 18.0. The van der Waals surface area contributed by atoms with Gasteiger partial charge in [0.25, 0.3) is 0 Å². The van der Waals surface area contributed by atoms with Crippen LogP contribution in [0.25, 0.3) is 0 Å². The van der Waals surface area contributed by atoms with Gasteiger partial charge in [-0.15, -0.1) is 0 Å². The van der Waals surface area contributed by atoms with E-state index in [-0.39, 0.29) is 35.5 Å². The number of phenolic OH excluding ortho intramolecular Hbond substituents is 1. The number of aromatic hydroxyl groups is 1. The quantitative estimate of drug-likeness (QED) is 0.378. The summed E-state index contributed by atoms with van der Waals surface area (Å²) < 4.78 is 39.7. The summed E-state index contributed by atoms with van der Waals surface area (Å²) >= 11 is 0. The van der Waals surface area contributed by atoms with Crippen LogP contribution < -0.4 is 23.7 Å². The smallest absolute Gasteiger partial charge is 0.338 e.